The Morgan fingerprint density at radius 3 is 2.68 bits per heavy atom. The molecular formula is C22H17NO2. The van der Waals surface area contributed by atoms with Crippen molar-refractivity contribution in [1.82, 2.24) is 0 Å². The van der Waals surface area contributed by atoms with Gasteiger partial charge in [-0.05, 0) is 30.4 Å². The van der Waals surface area contributed by atoms with Crippen LogP contribution in [0.15, 0.2) is 65.1 Å². The molecule has 1 aromatic heterocycles. The molecule has 0 unspecified atom stereocenters. The zero-order valence-electron chi connectivity index (χ0n) is 14.0. The fourth-order valence-corrected chi connectivity index (χ4v) is 3.83. The molecule has 1 amide bonds. The smallest absolute Gasteiger partial charge is 0.294 e. The first-order valence-corrected chi connectivity index (χ1v) is 8.54. The molecule has 0 bridgehead atoms. The summed E-state index contributed by atoms with van der Waals surface area (Å²) in [7, 11) is 0. The lowest BCUT2D eigenvalue weighted by molar-refractivity contribution is 0.0964. The number of nitrogens with zero attached hydrogens (tertiary/aromatic N) is 1. The molecule has 0 radical (unpaired) electrons. The lowest BCUT2D eigenvalue weighted by Crippen LogP contribution is -2.29. The number of benzene rings is 3. The average Bonchev–Trinajstić information content (AvgIpc) is 3.23. The van der Waals surface area contributed by atoms with Crippen molar-refractivity contribution in [3.05, 3.63) is 77.6 Å². The standard InChI is InChI=1S/C22H17NO2/c1-14-17-11-10-15-6-2-4-8-18(15)21(17)25-20(14)22(24)23-13-12-16-7-3-5-9-19(16)23/h2-11H,12-13H2,1H3. The summed E-state index contributed by atoms with van der Waals surface area (Å²) in [5.41, 5.74) is 3.92. The number of furan rings is 1. The van der Waals surface area contributed by atoms with E-state index in [2.05, 4.69) is 18.2 Å². The zero-order chi connectivity index (χ0) is 17.0. The molecular weight excluding hydrogens is 310 g/mol. The van der Waals surface area contributed by atoms with E-state index in [1.54, 1.807) is 0 Å². The summed E-state index contributed by atoms with van der Waals surface area (Å²) in [6.07, 6.45) is 0.893. The van der Waals surface area contributed by atoms with Gasteiger partial charge in [0.15, 0.2) is 5.76 Å². The van der Waals surface area contributed by atoms with Crippen LogP contribution in [-0.2, 0) is 6.42 Å². The van der Waals surface area contributed by atoms with Gasteiger partial charge >= 0.3 is 0 Å². The second kappa shape index (κ2) is 5.21. The van der Waals surface area contributed by atoms with Crippen molar-refractivity contribution in [3.8, 4) is 0 Å². The van der Waals surface area contributed by atoms with Crippen LogP contribution >= 0.6 is 0 Å². The van der Waals surface area contributed by atoms with Gasteiger partial charge in [0, 0.05) is 28.6 Å². The van der Waals surface area contributed by atoms with E-state index in [0.717, 1.165) is 39.4 Å². The van der Waals surface area contributed by atoms with Crippen molar-refractivity contribution in [3.63, 3.8) is 0 Å². The van der Waals surface area contributed by atoms with Crippen LogP contribution in [0, 0.1) is 6.92 Å². The Kier molecular flexibility index (Phi) is 2.98. The SMILES string of the molecule is Cc1c(C(=O)N2CCc3ccccc32)oc2c1ccc1ccccc12. The highest BCUT2D eigenvalue weighted by atomic mass is 16.3. The molecule has 0 saturated heterocycles. The van der Waals surface area contributed by atoms with Crippen molar-refractivity contribution in [1.29, 1.82) is 0 Å². The maximum Gasteiger partial charge on any atom is 0.294 e. The summed E-state index contributed by atoms with van der Waals surface area (Å²) in [5.74, 6) is 0.394. The number of carbonyl (C=O) groups excluding carboxylic acids is 1. The molecule has 0 atom stereocenters. The van der Waals surface area contributed by atoms with Crippen molar-refractivity contribution in [2.45, 2.75) is 13.3 Å². The molecule has 0 N–H and O–H groups in total. The molecule has 0 spiro atoms. The number of aryl methyl sites for hydroxylation is 1. The number of fused-ring (bicyclic) bond motifs is 4. The fourth-order valence-electron chi connectivity index (χ4n) is 3.83. The molecule has 3 heteroatoms. The van der Waals surface area contributed by atoms with Gasteiger partial charge in [-0.2, -0.15) is 0 Å². The number of hydrogen-bond donors (Lipinski definition) is 0. The Bertz CT molecular complexity index is 1140. The first kappa shape index (κ1) is 14.3. The van der Waals surface area contributed by atoms with Gasteiger partial charge in [-0.3, -0.25) is 4.79 Å². The molecule has 0 fully saturated rings. The highest BCUT2D eigenvalue weighted by Crippen LogP contribution is 2.34. The van der Waals surface area contributed by atoms with E-state index in [1.807, 2.05) is 54.3 Å². The third kappa shape index (κ3) is 2.02. The topological polar surface area (TPSA) is 33.5 Å². The average molecular weight is 327 g/mol. The minimum Gasteiger partial charge on any atom is -0.450 e. The van der Waals surface area contributed by atoms with E-state index in [0.29, 0.717) is 12.3 Å². The van der Waals surface area contributed by atoms with Gasteiger partial charge in [0.25, 0.3) is 5.91 Å². The third-order valence-electron chi connectivity index (χ3n) is 5.15. The van der Waals surface area contributed by atoms with E-state index >= 15 is 0 Å². The highest BCUT2D eigenvalue weighted by Gasteiger charge is 2.29. The maximum atomic E-state index is 13.2. The summed E-state index contributed by atoms with van der Waals surface area (Å²) < 4.78 is 6.11. The normalized spacial score (nSPS) is 13.6. The number of carbonyl (C=O) groups is 1. The van der Waals surface area contributed by atoms with Crippen molar-refractivity contribution >= 4 is 33.3 Å². The van der Waals surface area contributed by atoms with Crippen LogP contribution < -0.4 is 4.90 Å². The predicted octanol–water partition coefficient (Wildman–Crippen LogP) is 5.10. The quantitative estimate of drug-likeness (QED) is 0.487. The van der Waals surface area contributed by atoms with Crippen molar-refractivity contribution in [2.24, 2.45) is 0 Å². The van der Waals surface area contributed by atoms with Gasteiger partial charge in [0.1, 0.15) is 5.58 Å². The number of anilines is 1. The summed E-state index contributed by atoms with van der Waals surface area (Å²) in [6, 6.07) is 20.3. The summed E-state index contributed by atoms with van der Waals surface area (Å²) in [4.78, 5) is 15.0. The molecule has 25 heavy (non-hydrogen) atoms. The van der Waals surface area contributed by atoms with E-state index < -0.39 is 0 Å². The minimum atomic E-state index is -0.0530. The van der Waals surface area contributed by atoms with Gasteiger partial charge in [-0.15, -0.1) is 0 Å². The number of para-hydroxylation sites is 1. The molecule has 3 aromatic carbocycles. The lowest BCUT2D eigenvalue weighted by atomic mass is 10.1. The Balaban J connectivity index is 1.67. The number of hydrogen-bond acceptors (Lipinski definition) is 2. The number of rotatable bonds is 1. The van der Waals surface area contributed by atoms with Crippen LogP contribution in [0.3, 0.4) is 0 Å². The van der Waals surface area contributed by atoms with Gasteiger partial charge in [0.05, 0.1) is 0 Å². The van der Waals surface area contributed by atoms with Gasteiger partial charge in [-0.1, -0.05) is 54.6 Å². The fraction of sp³-hybridized carbons (Fsp3) is 0.136. The molecule has 0 aliphatic carbocycles. The van der Waals surface area contributed by atoms with Crippen LogP contribution in [0.1, 0.15) is 21.7 Å². The summed E-state index contributed by atoms with van der Waals surface area (Å²) >= 11 is 0. The maximum absolute atomic E-state index is 13.2. The van der Waals surface area contributed by atoms with E-state index in [4.69, 9.17) is 4.42 Å². The molecule has 4 aromatic rings. The van der Waals surface area contributed by atoms with Crippen LogP contribution in [-0.4, -0.2) is 12.5 Å². The van der Waals surface area contributed by atoms with Crippen molar-refractivity contribution < 1.29 is 9.21 Å². The minimum absolute atomic E-state index is 0.0530. The molecule has 3 nitrogen and oxygen atoms in total. The first-order chi connectivity index (χ1) is 12.2. The van der Waals surface area contributed by atoms with Crippen LogP contribution in [0.25, 0.3) is 21.7 Å². The first-order valence-electron chi connectivity index (χ1n) is 8.54. The highest BCUT2D eigenvalue weighted by molar-refractivity contribution is 6.12. The van der Waals surface area contributed by atoms with Crippen LogP contribution in [0.2, 0.25) is 0 Å². The van der Waals surface area contributed by atoms with Crippen LogP contribution in [0.4, 0.5) is 5.69 Å². The number of amides is 1. The molecule has 2 heterocycles. The van der Waals surface area contributed by atoms with Gasteiger partial charge in [-0.25, -0.2) is 0 Å². The molecule has 122 valence electrons. The largest absolute Gasteiger partial charge is 0.450 e. The third-order valence-corrected chi connectivity index (χ3v) is 5.15. The Morgan fingerprint density at radius 2 is 1.76 bits per heavy atom. The van der Waals surface area contributed by atoms with Gasteiger partial charge in [0.2, 0.25) is 0 Å². The van der Waals surface area contributed by atoms with E-state index in [1.165, 1.54) is 5.56 Å². The monoisotopic (exact) mass is 327 g/mol. The molecule has 1 aliphatic heterocycles. The second-order valence-corrected chi connectivity index (χ2v) is 6.56. The Hall–Kier alpha value is -3.07. The predicted molar refractivity (Wildman–Crippen MR) is 100 cm³/mol. The molecule has 0 saturated carbocycles. The molecule has 5 rings (SSSR count). The second-order valence-electron chi connectivity index (χ2n) is 6.56. The molecule has 1 aliphatic rings. The van der Waals surface area contributed by atoms with E-state index in [9.17, 15) is 4.79 Å². The zero-order valence-corrected chi connectivity index (χ0v) is 14.0. The summed E-state index contributed by atoms with van der Waals surface area (Å²) in [5, 5.41) is 3.17. The van der Waals surface area contributed by atoms with Crippen LogP contribution in [0.5, 0.6) is 0 Å². The lowest BCUT2D eigenvalue weighted by Gasteiger charge is -2.16. The van der Waals surface area contributed by atoms with E-state index in [-0.39, 0.29) is 5.91 Å². The Morgan fingerprint density at radius 1 is 0.960 bits per heavy atom. The Labute approximate surface area is 145 Å². The van der Waals surface area contributed by atoms with Crippen molar-refractivity contribution in [2.75, 3.05) is 11.4 Å². The summed E-state index contributed by atoms with van der Waals surface area (Å²) in [6.45, 7) is 2.67. The van der Waals surface area contributed by atoms with Gasteiger partial charge < -0.3 is 9.32 Å².